The lowest BCUT2D eigenvalue weighted by atomic mass is 9.74. The van der Waals surface area contributed by atoms with E-state index in [0.717, 1.165) is 18.4 Å². The molecule has 2 heterocycles. The van der Waals surface area contributed by atoms with E-state index in [1.54, 1.807) is 0 Å². The van der Waals surface area contributed by atoms with Crippen molar-refractivity contribution >= 4 is 23.2 Å². The Morgan fingerprint density at radius 1 is 1.33 bits per heavy atom. The maximum atomic E-state index is 12.1. The highest BCUT2D eigenvalue weighted by Gasteiger charge is 2.35. The molecular weight excluding hydrogens is 309 g/mol. The first-order valence-corrected chi connectivity index (χ1v) is 8.47. The van der Waals surface area contributed by atoms with E-state index in [1.165, 1.54) is 43.0 Å². The van der Waals surface area contributed by atoms with Gasteiger partial charge < -0.3 is 0 Å². The van der Waals surface area contributed by atoms with Gasteiger partial charge >= 0.3 is 0 Å². The summed E-state index contributed by atoms with van der Waals surface area (Å²) in [4.78, 5) is 14.5. The Balaban J connectivity index is 1.78. The number of likely N-dealkylation sites (tertiary alicyclic amines) is 1. The highest BCUT2D eigenvalue weighted by atomic mass is 35.5. The van der Waals surface area contributed by atoms with Crippen molar-refractivity contribution in [1.29, 1.82) is 0 Å². The number of piperidine rings is 1. The molecule has 3 rings (SSSR count). The third kappa shape index (κ3) is 3.13. The zero-order valence-corrected chi connectivity index (χ0v) is 13.8. The van der Waals surface area contributed by atoms with Crippen molar-refractivity contribution in [2.45, 2.75) is 51.7 Å². The first kappa shape index (κ1) is 15.3. The number of hydrogen-bond acceptors (Lipinski definition) is 3. The van der Waals surface area contributed by atoms with Crippen LogP contribution < -0.4 is 5.56 Å². The van der Waals surface area contributed by atoms with Crippen LogP contribution in [0.5, 0.6) is 0 Å². The van der Waals surface area contributed by atoms with Crippen LogP contribution in [0.25, 0.3) is 0 Å². The lowest BCUT2D eigenvalue weighted by Crippen LogP contribution is -2.49. The van der Waals surface area contributed by atoms with Gasteiger partial charge in [-0.05, 0) is 43.9 Å². The molecule has 4 nitrogen and oxygen atoms in total. The Hall–Kier alpha value is -0.580. The molecule has 2 aliphatic rings. The number of rotatable bonds is 2. The van der Waals surface area contributed by atoms with E-state index in [4.69, 9.17) is 23.2 Å². The van der Waals surface area contributed by atoms with Crippen molar-refractivity contribution in [3.63, 3.8) is 0 Å². The summed E-state index contributed by atoms with van der Waals surface area (Å²) in [7, 11) is 0. The van der Waals surface area contributed by atoms with E-state index in [1.807, 2.05) is 0 Å². The Morgan fingerprint density at radius 3 is 2.95 bits per heavy atom. The third-order valence-electron chi connectivity index (χ3n) is 4.95. The van der Waals surface area contributed by atoms with Gasteiger partial charge in [-0.15, -0.1) is 0 Å². The van der Waals surface area contributed by atoms with Gasteiger partial charge in [0.2, 0.25) is 0 Å². The van der Waals surface area contributed by atoms with E-state index >= 15 is 0 Å². The molecule has 1 aromatic heterocycles. The van der Waals surface area contributed by atoms with Crippen molar-refractivity contribution in [2.75, 3.05) is 6.54 Å². The van der Waals surface area contributed by atoms with Gasteiger partial charge in [-0.1, -0.05) is 30.1 Å². The summed E-state index contributed by atoms with van der Waals surface area (Å²) in [6.45, 7) is 3.90. The lowest BCUT2D eigenvalue weighted by Gasteiger charge is -2.45. The van der Waals surface area contributed by atoms with Crippen LogP contribution in [0.3, 0.4) is 0 Å². The van der Waals surface area contributed by atoms with E-state index in [0.29, 0.717) is 12.7 Å². The molecule has 116 valence electrons. The molecule has 2 fully saturated rings. The van der Waals surface area contributed by atoms with Gasteiger partial charge in [0.1, 0.15) is 5.02 Å². The minimum absolute atomic E-state index is 0.0671. The molecule has 0 radical (unpaired) electrons. The molecule has 0 spiro atoms. The van der Waals surface area contributed by atoms with Crippen LogP contribution in [0.1, 0.15) is 39.0 Å². The van der Waals surface area contributed by atoms with Gasteiger partial charge in [0.25, 0.3) is 5.56 Å². The fourth-order valence-electron chi connectivity index (χ4n) is 3.89. The summed E-state index contributed by atoms with van der Waals surface area (Å²) in [5.41, 5.74) is -0.296. The van der Waals surface area contributed by atoms with Crippen molar-refractivity contribution in [2.24, 2.45) is 11.8 Å². The van der Waals surface area contributed by atoms with Gasteiger partial charge in [-0.2, -0.15) is 5.10 Å². The smallest absolute Gasteiger partial charge is 0.281 e. The standard InChI is InChI=1S/C15H21Cl2N3O/c1-10-4-5-13-11(7-10)3-2-6-19(13)9-20-15(21)14(17)12(16)8-18-20/h8,10-11,13H,2-7,9H2,1H3/t10-,11-,13+/m1/s1. The minimum atomic E-state index is -0.296. The Kier molecular flexibility index (Phi) is 4.57. The number of halogens is 2. The Labute approximate surface area is 135 Å². The zero-order chi connectivity index (χ0) is 15.0. The van der Waals surface area contributed by atoms with Gasteiger partial charge in [-0.3, -0.25) is 9.69 Å². The highest BCUT2D eigenvalue weighted by molar-refractivity contribution is 6.41. The molecule has 0 bridgehead atoms. The summed E-state index contributed by atoms with van der Waals surface area (Å²) in [6.07, 6.45) is 7.78. The highest BCUT2D eigenvalue weighted by Crippen LogP contribution is 2.37. The molecule has 6 heteroatoms. The van der Waals surface area contributed by atoms with Crippen LogP contribution >= 0.6 is 23.2 Å². The van der Waals surface area contributed by atoms with E-state index in [-0.39, 0.29) is 15.6 Å². The molecule has 0 N–H and O–H groups in total. The summed E-state index contributed by atoms with van der Waals surface area (Å²) in [6, 6.07) is 0.582. The molecule has 1 saturated carbocycles. The van der Waals surface area contributed by atoms with Gasteiger partial charge in [0, 0.05) is 12.6 Å². The molecule has 0 unspecified atom stereocenters. The van der Waals surface area contributed by atoms with Crippen LogP contribution in [0.15, 0.2) is 11.0 Å². The minimum Gasteiger partial charge on any atom is -0.281 e. The van der Waals surface area contributed by atoms with E-state index in [9.17, 15) is 4.79 Å². The van der Waals surface area contributed by atoms with Gasteiger partial charge in [0.15, 0.2) is 0 Å². The molecule has 0 aromatic carbocycles. The van der Waals surface area contributed by atoms with Crippen LogP contribution in [-0.2, 0) is 6.67 Å². The van der Waals surface area contributed by atoms with Crippen molar-refractivity contribution < 1.29 is 0 Å². The molecule has 1 aromatic rings. The first-order valence-electron chi connectivity index (χ1n) is 7.71. The number of hydrogen-bond donors (Lipinski definition) is 0. The van der Waals surface area contributed by atoms with Crippen LogP contribution in [0, 0.1) is 11.8 Å². The second kappa shape index (κ2) is 6.27. The molecular formula is C15H21Cl2N3O. The number of nitrogens with zero attached hydrogens (tertiary/aromatic N) is 3. The molecule has 1 saturated heterocycles. The maximum Gasteiger partial charge on any atom is 0.288 e. The summed E-state index contributed by atoms with van der Waals surface area (Å²) in [5.74, 6) is 1.60. The van der Waals surface area contributed by atoms with Crippen LogP contribution in [0.4, 0.5) is 0 Å². The molecule has 3 atom stereocenters. The summed E-state index contributed by atoms with van der Waals surface area (Å²) < 4.78 is 1.44. The van der Waals surface area contributed by atoms with Crippen molar-refractivity contribution in [1.82, 2.24) is 14.7 Å². The SMILES string of the molecule is C[C@@H]1CC[C@H]2[C@H](CCCN2Cn2ncc(Cl)c(Cl)c2=O)C1. The van der Waals surface area contributed by atoms with Crippen molar-refractivity contribution in [3.8, 4) is 0 Å². The predicted molar refractivity (Wildman–Crippen MR) is 84.8 cm³/mol. The van der Waals surface area contributed by atoms with Crippen molar-refractivity contribution in [3.05, 3.63) is 26.6 Å². The average Bonchev–Trinajstić information content (AvgIpc) is 2.48. The van der Waals surface area contributed by atoms with Crippen LogP contribution in [0.2, 0.25) is 10.0 Å². The molecule has 1 aliphatic carbocycles. The number of fused-ring (bicyclic) bond motifs is 1. The Bertz CT molecular complexity index is 575. The van der Waals surface area contributed by atoms with Crippen LogP contribution in [-0.4, -0.2) is 27.3 Å². The average molecular weight is 330 g/mol. The maximum absolute atomic E-state index is 12.1. The second-order valence-electron chi connectivity index (χ2n) is 6.45. The summed E-state index contributed by atoms with van der Waals surface area (Å²) in [5, 5.41) is 4.42. The van der Waals surface area contributed by atoms with E-state index < -0.39 is 0 Å². The van der Waals surface area contributed by atoms with E-state index in [2.05, 4.69) is 16.9 Å². The summed E-state index contributed by atoms with van der Waals surface area (Å²) >= 11 is 11.8. The molecule has 1 aliphatic heterocycles. The molecule has 21 heavy (non-hydrogen) atoms. The third-order valence-corrected chi connectivity index (χ3v) is 5.70. The second-order valence-corrected chi connectivity index (χ2v) is 7.24. The fraction of sp³-hybridized carbons (Fsp3) is 0.733. The fourth-order valence-corrected chi connectivity index (χ4v) is 4.16. The zero-order valence-electron chi connectivity index (χ0n) is 12.3. The monoisotopic (exact) mass is 329 g/mol. The number of aromatic nitrogens is 2. The Morgan fingerprint density at radius 2 is 2.14 bits per heavy atom. The lowest BCUT2D eigenvalue weighted by molar-refractivity contribution is 0.0188. The predicted octanol–water partition coefficient (Wildman–Crippen LogP) is 3.41. The largest absolute Gasteiger partial charge is 0.288 e. The quantitative estimate of drug-likeness (QED) is 0.834. The van der Waals surface area contributed by atoms with Gasteiger partial charge in [-0.25, -0.2) is 4.68 Å². The molecule has 0 amide bonds. The first-order chi connectivity index (χ1) is 10.1. The topological polar surface area (TPSA) is 38.1 Å². The van der Waals surface area contributed by atoms with Gasteiger partial charge in [0.05, 0.1) is 17.9 Å². The normalized spacial score (nSPS) is 30.1.